The monoisotopic (exact) mass is 234 g/mol. The Morgan fingerprint density at radius 3 is 2.65 bits per heavy atom. The van der Waals surface area contributed by atoms with Crippen molar-refractivity contribution in [3.63, 3.8) is 0 Å². The second-order valence-corrected chi connectivity index (χ2v) is 5.03. The molecule has 1 N–H and O–H groups in total. The predicted octanol–water partition coefficient (Wildman–Crippen LogP) is 1.02. The van der Waals surface area contributed by atoms with E-state index in [4.69, 9.17) is 0 Å². The van der Waals surface area contributed by atoms with Gasteiger partial charge < -0.3 is 0 Å². The van der Waals surface area contributed by atoms with Crippen molar-refractivity contribution < 1.29 is 9.59 Å². The average molecular weight is 234 g/mol. The van der Waals surface area contributed by atoms with Crippen LogP contribution in [0.15, 0.2) is 0 Å². The highest BCUT2D eigenvalue weighted by Crippen LogP contribution is 2.39. The van der Waals surface area contributed by atoms with Crippen molar-refractivity contribution in [3.05, 3.63) is 5.82 Å². The van der Waals surface area contributed by atoms with Gasteiger partial charge in [-0.05, 0) is 18.8 Å². The molecule has 2 aliphatic rings. The molecule has 1 aromatic rings. The number of carbonyl (C=O) groups is 2. The van der Waals surface area contributed by atoms with E-state index in [9.17, 15) is 9.59 Å². The summed E-state index contributed by atoms with van der Waals surface area (Å²) in [5.41, 5.74) is 0. The summed E-state index contributed by atoms with van der Waals surface area (Å²) in [4.78, 5) is 28.1. The smallest absolute Gasteiger partial charge is 0.262 e. The molecule has 90 valence electrons. The van der Waals surface area contributed by atoms with Gasteiger partial charge >= 0.3 is 0 Å². The number of carbonyl (C=O) groups excluding carboxylic acids is 2. The summed E-state index contributed by atoms with van der Waals surface area (Å²) >= 11 is 0. The van der Waals surface area contributed by atoms with E-state index < -0.39 is 5.92 Å². The van der Waals surface area contributed by atoms with Gasteiger partial charge in [0, 0.05) is 5.92 Å². The Morgan fingerprint density at radius 2 is 2.06 bits per heavy atom. The molecular weight excluding hydrogens is 220 g/mol. The van der Waals surface area contributed by atoms with Crippen molar-refractivity contribution in [2.75, 3.05) is 5.32 Å². The van der Waals surface area contributed by atoms with Crippen LogP contribution in [0.25, 0.3) is 0 Å². The molecule has 0 saturated heterocycles. The Morgan fingerprint density at radius 1 is 1.35 bits per heavy atom. The number of nitrogens with zero attached hydrogens (tertiary/aromatic N) is 3. The third-order valence-corrected chi connectivity index (χ3v) is 3.22. The SMILES string of the molecule is CC(C)C1C(=O)Nc2nc(C3CC3)nn2C1=O. The summed E-state index contributed by atoms with van der Waals surface area (Å²) in [7, 11) is 0. The van der Waals surface area contributed by atoms with E-state index in [2.05, 4.69) is 15.4 Å². The van der Waals surface area contributed by atoms with E-state index in [0.29, 0.717) is 11.7 Å². The van der Waals surface area contributed by atoms with Gasteiger partial charge in [-0.25, -0.2) is 0 Å². The van der Waals surface area contributed by atoms with Crippen molar-refractivity contribution in [1.82, 2.24) is 14.8 Å². The van der Waals surface area contributed by atoms with Crippen molar-refractivity contribution in [2.45, 2.75) is 32.6 Å². The van der Waals surface area contributed by atoms with Crippen LogP contribution in [0.3, 0.4) is 0 Å². The van der Waals surface area contributed by atoms with Gasteiger partial charge in [-0.15, -0.1) is 5.10 Å². The number of nitrogens with one attached hydrogen (secondary N) is 1. The summed E-state index contributed by atoms with van der Waals surface area (Å²) in [6, 6.07) is 0. The maximum atomic E-state index is 12.1. The lowest BCUT2D eigenvalue weighted by Gasteiger charge is -2.22. The molecule has 2 heterocycles. The van der Waals surface area contributed by atoms with Gasteiger partial charge in [-0.3, -0.25) is 14.9 Å². The largest absolute Gasteiger partial charge is 0.294 e. The summed E-state index contributed by atoms with van der Waals surface area (Å²) in [6.45, 7) is 3.71. The first-order chi connectivity index (χ1) is 8.08. The Bertz CT molecular complexity index is 502. The van der Waals surface area contributed by atoms with Gasteiger partial charge in [0.2, 0.25) is 11.9 Å². The lowest BCUT2D eigenvalue weighted by Crippen LogP contribution is -2.42. The van der Waals surface area contributed by atoms with E-state index >= 15 is 0 Å². The molecule has 1 fully saturated rings. The topological polar surface area (TPSA) is 76.9 Å². The zero-order valence-corrected chi connectivity index (χ0v) is 9.80. The lowest BCUT2D eigenvalue weighted by atomic mass is 9.93. The first kappa shape index (κ1) is 10.4. The van der Waals surface area contributed by atoms with Crippen LogP contribution >= 0.6 is 0 Å². The normalized spacial score (nSPS) is 23.8. The van der Waals surface area contributed by atoms with Crippen molar-refractivity contribution >= 4 is 17.8 Å². The Kier molecular flexibility index (Phi) is 2.08. The molecule has 1 saturated carbocycles. The van der Waals surface area contributed by atoms with Gasteiger partial charge in [0.15, 0.2) is 5.82 Å². The van der Waals surface area contributed by atoms with Gasteiger partial charge in [0.1, 0.15) is 5.92 Å². The molecule has 1 amide bonds. The summed E-state index contributed by atoms with van der Waals surface area (Å²) in [5, 5.41) is 6.86. The number of rotatable bonds is 2. The average Bonchev–Trinajstić information content (AvgIpc) is 2.99. The van der Waals surface area contributed by atoms with E-state index in [1.54, 1.807) is 0 Å². The number of hydrogen-bond donors (Lipinski definition) is 1. The summed E-state index contributed by atoms with van der Waals surface area (Å²) in [5.74, 6) is 0.0954. The predicted molar refractivity (Wildman–Crippen MR) is 59.6 cm³/mol. The second kappa shape index (κ2) is 3.38. The fraction of sp³-hybridized carbons (Fsp3) is 0.636. The zero-order chi connectivity index (χ0) is 12.2. The highest BCUT2D eigenvalue weighted by atomic mass is 16.2. The fourth-order valence-electron chi connectivity index (χ4n) is 2.10. The molecule has 0 radical (unpaired) electrons. The number of amides is 1. The van der Waals surface area contributed by atoms with Crippen LogP contribution in [0, 0.1) is 11.8 Å². The third kappa shape index (κ3) is 1.55. The van der Waals surface area contributed by atoms with Gasteiger partial charge in [0.05, 0.1) is 0 Å². The van der Waals surface area contributed by atoms with E-state index in [-0.39, 0.29) is 23.7 Å². The summed E-state index contributed by atoms with van der Waals surface area (Å²) in [6.07, 6.45) is 2.14. The summed E-state index contributed by atoms with van der Waals surface area (Å²) < 4.78 is 1.25. The number of anilines is 1. The standard InChI is InChI=1S/C11H14N4O2/c1-5(2)7-9(16)13-11-12-8(6-3-4-6)14-15(11)10(7)17/h5-7H,3-4H2,1-2H3,(H,12,13,14,16). The Labute approximate surface area is 98.4 Å². The number of aromatic nitrogens is 3. The Hall–Kier alpha value is -1.72. The molecule has 1 aliphatic heterocycles. The van der Waals surface area contributed by atoms with Gasteiger partial charge in [-0.2, -0.15) is 9.67 Å². The Balaban J connectivity index is 2.00. The van der Waals surface area contributed by atoms with Crippen LogP contribution in [0.4, 0.5) is 5.95 Å². The zero-order valence-electron chi connectivity index (χ0n) is 9.80. The van der Waals surface area contributed by atoms with Crippen LogP contribution in [-0.2, 0) is 4.79 Å². The van der Waals surface area contributed by atoms with Crippen LogP contribution in [0.2, 0.25) is 0 Å². The first-order valence-corrected chi connectivity index (χ1v) is 5.90. The van der Waals surface area contributed by atoms with E-state index in [1.807, 2.05) is 13.8 Å². The molecule has 1 aromatic heterocycles. The molecule has 1 unspecified atom stereocenters. The van der Waals surface area contributed by atoms with Crippen LogP contribution < -0.4 is 5.32 Å². The molecule has 1 aliphatic carbocycles. The minimum atomic E-state index is -0.656. The van der Waals surface area contributed by atoms with E-state index in [0.717, 1.165) is 12.8 Å². The minimum absolute atomic E-state index is 0.0378. The maximum Gasteiger partial charge on any atom is 0.262 e. The van der Waals surface area contributed by atoms with Crippen molar-refractivity contribution in [2.24, 2.45) is 11.8 Å². The number of hydrogen-bond acceptors (Lipinski definition) is 4. The fourth-order valence-corrected chi connectivity index (χ4v) is 2.10. The molecule has 17 heavy (non-hydrogen) atoms. The van der Waals surface area contributed by atoms with Crippen LogP contribution in [0.1, 0.15) is 43.2 Å². The molecule has 0 bridgehead atoms. The molecule has 1 atom stereocenters. The molecule has 0 spiro atoms. The molecule has 3 rings (SSSR count). The molecular formula is C11H14N4O2. The minimum Gasteiger partial charge on any atom is -0.294 e. The second-order valence-electron chi connectivity index (χ2n) is 5.03. The van der Waals surface area contributed by atoms with Crippen molar-refractivity contribution in [3.8, 4) is 0 Å². The van der Waals surface area contributed by atoms with Crippen LogP contribution in [-0.4, -0.2) is 26.6 Å². The highest BCUT2D eigenvalue weighted by molar-refractivity contribution is 6.10. The highest BCUT2D eigenvalue weighted by Gasteiger charge is 2.40. The molecule has 6 heteroatoms. The van der Waals surface area contributed by atoms with Crippen LogP contribution in [0.5, 0.6) is 0 Å². The molecule has 0 aromatic carbocycles. The quantitative estimate of drug-likeness (QED) is 0.775. The number of fused-ring (bicyclic) bond motifs is 1. The lowest BCUT2D eigenvalue weighted by molar-refractivity contribution is -0.120. The van der Waals surface area contributed by atoms with E-state index in [1.165, 1.54) is 4.68 Å². The van der Waals surface area contributed by atoms with Crippen molar-refractivity contribution in [1.29, 1.82) is 0 Å². The maximum absolute atomic E-state index is 12.1. The van der Waals surface area contributed by atoms with Gasteiger partial charge in [0.25, 0.3) is 5.91 Å². The first-order valence-electron chi connectivity index (χ1n) is 5.90. The van der Waals surface area contributed by atoms with Gasteiger partial charge in [-0.1, -0.05) is 13.8 Å². The molecule has 6 nitrogen and oxygen atoms in total. The third-order valence-electron chi connectivity index (χ3n) is 3.22.